The van der Waals surface area contributed by atoms with Crippen LogP contribution >= 0.6 is 0 Å². The number of rotatable bonds is 7. The maximum atomic E-state index is 5.52. The molecule has 0 aliphatic heterocycles. The molecule has 5 heteroatoms. The maximum Gasteiger partial charge on any atom is 0.393 e. The fraction of sp³-hybridized carbons (Fsp3) is 0.786. The molecule has 1 aliphatic carbocycles. The third-order valence-corrected chi connectivity index (χ3v) is 3.17. The van der Waals surface area contributed by atoms with Gasteiger partial charge in [-0.3, -0.25) is 0 Å². The lowest BCUT2D eigenvalue weighted by atomic mass is 10.1. The zero-order valence-corrected chi connectivity index (χ0v) is 12.4. The monoisotopic (exact) mass is 267 g/mol. The first-order valence-corrected chi connectivity index (χ1v) is 6.96. The van der Waals surface area contributed by atoms with Crippen molar-refractivity contribution in [2.45, 2.75) is 51.7 Å². The van der Waals surface area contributed by atoms with E-state index in [1.54, 1.807) is 6.26 Å². The van der Waals surface area contributed by atoms with E-state index < -0.39 is 0 Å². The van der Waals surface area contributed by atoms with Crippen LogP contribution in [0, 0.1) is 0 Å². The van der Waals surface area contributed by atoms with Gasteiger partial charge in [0.25, 0.3) is 0 Å². The first kappa shape index (κ1) is 14.3. The zero-order valence-electron chi connectivity index (χ0n) is 12.4. The molecule has 19 heavy (non-hydrogen) atoms. The van der Waals surface area contributed by atoms with Gasteiger partial charge in [-0.1, -0.05) is 0 Å². The quantitative estimate of drug-likeness (QED) is 0.819. The molecular weight excluding hydrogens is 242 g/mol. The van der Waals surface area contributed by atoms with Gasteiger partial charge in [0.05, 0.1) is 5.69 Å². The molecule has 0 unspecified atom stereocenters. The Morgan fingerprint density at radius 1 is 1.47 bits per heavy atom. The molecule has 1 heterocycles. The van der Waals surface area contributed by atoms with Crippen molar-refractivity contribution in [3.05, 3.63) is 12.0 Å². The van der Waals surface area contributed by atoms with Crippen molar-refractivity contribution in [2.24, 2.45) is 0 Å². The minimum absolute atomic E-state index is 0.0763. The summed E-state index contributed by atoms with van der Waals surface area (Å²) in [5.74, 6) is 0. The molecule has 0 spiro atoms. The summed E-state index contributed by atoms with van der Waals surface area (Å²) < 4.78 is 10.8. The second-order valence-corrected chi connectivity index (χ2v) is 6.27. The van der Waals surface area contributed by atoms with Crippen LogP contribution in [0.2, 0.25) is 0 Å². The molecule has 1 N–H and O–H groups in total. The average molecular weight is 267 g/mol. The maximum absolute atomic E-state index is 5.52. The smallest absolute Gasteiger partial charge is 0.393 e. The van der Waals surface area contributed by atoms with Crippen molar-refractivity contribution in [3.8, 4) is 6.08 Å². The van der Waals surface area contributed by atoms with Crippen LogP contribution in [0.3, 0.4) is 0 Å². The molecule has 108 valence electrons. The topological polar surface area (TPSA) is 50.5 Å². The van der Waals surface area contributed by atoms with Crippen LogP contribution in [0.4, 0.5) is 0 Å². The van der Waals surface area contributed by atoms with Crippen molar-refractivity contribution in [1.29, 1.82) is 0 Å². The van der Waals surface area contributed by atoms with Crippen molar-refractivity contribution in [2.75, 3.05) is 20.2 Å². The summed E-state index contributed by atoms with van der Waals surface area (Å²) in [5, 5.41) is 3.36. The molecule has 1 aromatic rings. The van der Waals surface area contributed by atoms with E-state index in [-0.39, 0.29) is 5.54 Å². The van der Waals surface area contributed by atoms with Crippen molar-refractivity contribution in [1.82, 2.24) is 15.2 Å². The molecule has 5 nitrogen and oxygen atoms in total. The Kier molecular flexibility index (Phi) is 4.47. The molecule has 1 fully saturated rings. The van der Waals surface area contributed by atoms with Gasteiger partial charge in [-0.15, -0.1) is 0 Å². The Balaban J connectivity index is 1.68. The fourth-order valence-electron chi connectivity index (χ4n) is 1.77. The summed E-state index contributed by atoms with van der Waals surface area (Å²) in [6, 6.07) is 0.764. The lowest BCUT2D eigenvalue weighted by molar-refractivity contribution is 0.188. The molecule has 0 atom stereocenters. The molecule has 0 amide bonds. The summed E-state index contributed by atoms with van der Waals surface area (Å²) in [6.07, 6.45) is 4.66. The number of ether oxygens (including phenoxy) is 1. The van der Waals surface area contributed by atoms with E-state index in [9.17, 15) is 0 Å². The number of hydrogen-bond donors (Lipinski definition) is 1. The molecule has 1 aliphatic rings. The molecular formula is C14H25N3O2. The highest BCUT2D eigenvalue weighted by Crippen LogP contribution is 2.24. The standard InChI is InChI=1S/C14H25N3O2/c1-14(2,3)15-9-11-10-19-13(16-11)18-8-7-17(4)12-5-6-12/h10,12,15H,5-9H2,1-4H3. The lowest BCUT2D eigenvalue weighted by Crippen LogP contribution is -2.35. The lowest BCUT2D eigenvalue weighted by Gasteiger charge is -2.19. The number of oxazole rings is 1. The predicted molar refractivity (Wildman–Crippen MR) is 74.2 cm³/mol. The predicted octanol–water partition coefficient (Wildman–Crippen LogP) is 2.04. The molecule has 0 bridgehead atoms. The van der Waals surface area contributed by atoms with E-state index >= 15 is 0 Å². The fourth-order valence-corrected chi connectivity index (χ4v) is 1.77. The van der Waals surface area contributed by atoms with Crippen molar-refractivity contribution in [3.63, 3.8) is 0 Å². The number of likely N-dealkylation sites (N-methyl/N-ethyl adjacent to an activating group) is 1. The zero-order chi connectivity index (χ0) is 13.9. The summed E-state index contributed by atoms with van der Waals surface area (Å²) in [6.45, 7) is 8.61. The summed E-state index contributed by atoms with van der Waals surface area (Å²) in [4.78, 5) is 6.63. The van der Waals surface area contributed by atoms with E-state index in [1.807, 2.05) is 0 Å². The Bertz CT molecular complexity index is 394. The highest BCUT2D eigenvalue weighted by atomic mass is 16.6. The Hall–Kier alpha value is -1.07. The molecule has 1 aromatic heterocycles. The van der Waals surface area contributed by atoms with E-state index in [0.29, 0.717) is 19.2 Å². The van der Waals surface area contributed by atoms with E-state index in [2.05, 4.69) is 43.0 Å². The van der Waals surface area contributed by atoms with Crippen LogP contribution in [-0.4, -0.2) is 41.7 Å². The van der Waals surface area contributed by atoms with Gasteiger partial charge in [0.2, 0.25) is 0 Å². The van der Waals surface area contributed by atoms with Crippen LogP contribution in [0.15, 0.2) is 10.7 Å². The van der Waals surface area contributed by atoms with Crippen LogP contribution < -0.4 is 10.1 Å². The molecule has 2 rings (SSSR count). The largest absolute Gasteiger partial charge is 0.449 e. The van der Waals surface area contributed by atoms with E-state index in [4.69, 9.17) is 9.15 Å². The van der Waals surface area contributed by atoms with Gasteiger partial charge in [0.15, 0.2) is 0 Å². The SMILES string of the molecule is CN(CCOc1nc(CNC(C)(C)C)co1)C1CC1. The van der Waals surface area contributed by atoms with Gasteiger partial charge in [0, 0.05) is 24.7 Å². The average Bonchev–Trinajstić information content (AvgIpc) is 3.07. The Labute approximate surface area is 115 Å². The van der Waals surface area contributed by atoms with Gasteiger partial charge in [0.1, 0.15) is 12.9 Å². The van der Waals surface area contributed by atoms with Gasteiger partial charge in [-0.2, -0.15) is 4.98 Å². The normalized spacial score (nSPS) is 16.1. The van der Waals surface area contributed by atoms with Crippen LogP contribution in [0.1, 0.15) is 39.3 Å². The number of nitrogens with one attached hydrogen (secondary N) is 1. The first-order valence-electron chi connectivity index (χ1n) is 6.96. The van der Waals surface area contributed by atoms with Crippen LogP contribution in [0.5, 0.6) is 6.08 Å². The molecule has 0 saturated heterocycles. The second kappa shape index (κ2) is 5.92. The number of hydrogen-bond acceptors (Lipinski definition) is 5. The van der Waals surface area contributed by atoms with Crippen molar-refractivity contribution < 1.29 is 9.15 Å². The minimum Gasteiger partial charge on any atom is -0.449 e. The summed E-state index contributed by atoms with van der Waals surface area (Å²) in [5.41, 5.74) is 0.952. The summed E-state index contributed by atoms with van der Waals surface area (Å²) in [7, 11) is 2.13. The second-order valence-electron chi connectivity index (χ2n) is 6.27. The van der Waals surface area contributed by atoms with Gasteiger partial charge in [-0.25, -0.2) is 0 Å². The number of nitrogens with zero attached hydrogens (tertiary/aromatic N) is 2. The Morgan fingerprint density at radius 3 is 2.84 bits per heavy atom. The highest BCUT2D eigenvalue weighted by molar-refractivity contribution is 5.00. The van der Waals surface area contributed by atoms with E-state index in [1.165, 1.54) is 12.8 Å². The molecule has 1 saturated carbocycles. The van der Waals surface area contributed by atoms with Gasteiger partial charge < -0.3 is 19.4 Å². The summed E-state index contributed by atoms with van der Waals surface area (Å²) >= 11 is 0. The highest BCUT2D eigenvalue weighted by Gasteiger charge is 2.25. The molecule has 0 aromatic carbocycles. The first-order chi connectivity index (χ1) is 8.94. The van der Waals surface area contributed by atoms with Crippen molar-refractivity contribution >= 4 is 0 Å². The van der Waals surface area contributed by atoms with Crippen LogP contribution in [-0.2, 0) is 6.54 Å². The Morgan fingerprint density at radius 2 is 2.21 bits per heavy atom. The molecule has 0 radical (unpaired) electrons. The van der Waals surface area contributed by atoms with Crippen LogP contribution in [0.25, 0.3) is 0 Å². The third kappa shape index (κ3) is 5.20. The van der Waals surface area contributed by atoms with Gasteiger partial charge in [-0.05, 0) is 40.7 Å². The number of aromatic nitrogens is 1. The third-order valence-electron chi connectivity index (χ3n) is 3.17. The van der Waals surface area contributed by atoms with Gasteiger partial charge >= 0.3 is 6.08 Å². The minimum atomic E-state index is 0.0763. The van der Waals surface area contributed by atoms with E-state index in [0.717, 1.165) is 18.3 Å².